The molecule has 3 aromatic rings. The van der Waals surface area contributed by atoms with Crippen LogP contribution in [-0.4, -0.2) is 16.2 Å². The fraction of sp³-hybridized carbons (Fsp3) is 0.276. The summed E-state index contributed by atoms with van der Waals surface area (Å²) in [7, 11) is 0. The van der Waals surface area contributed by atoms with Gasteiger partial charge in [-0.1, -0.05) is 55.5 Å². The number of aromatic hydroxyl groups is 1. The SMILES string of the molecule is Cc1ccc(C#Cc2cc(Oc3c(C)cc(CCC(=O)O)cc3C)cc(C(C)C)c2O)cc1. The van der Waals surface area contributed by atoms with Crippen LogP contribution in [0.15, 0.2) is 48.5 Å². The third-order valence-corrected chi connectivity index (χ3v) is 5.50. The molecule has 0 aliphatic rings. The number of carboxylic acid groups (broad SMARTS) is 1. The first kappa shape index (κ1) is 23.9. The number of phenols is 1. The molecule has 0 saturated heterocycles. The summed E-state index contributed by atoms with van der Waals surface area (Å²) in [4.78, 5) is 10.9. The van der Waals surface area contributed by atoms with E-state index in [1.54, 1.807) is 6.07 Å². The van der Waals surface area contributed by atoms with Crippen LogP contribution in [0.25, 0.3) is 0 Å². The number of aliphatic carboxylic acids is 1. The van der Waals surface area contributed by atoms with Crippen LogP contribution in [0.3, 0.4) is 0 Å². The predicted molar refractivity (Wildman–Crippen MR) is 131 cm³/mol. The van der Waals surface area contributed by atoms with Crippen molar-refractivity contribution in [3.8, 4) is 29.1 Å². The summed E-state index contributed by atoms with van der Waals surface area (Å²) in [6.45, 7) is 9.97. The molecule has 2 N–H and O–H groups in total. The summed E-state index contributed by atoms with van der Waals surface area (Å²) in [6, 6.07) is 15.5. The van der Waals surface area contributed by atoms with Crippen molar-refractivity contribution in [1.82, 2.24) is 0 Å². The lowest BCUT2D eigenvalue weighted by Crippen LogP contribution is -2.00. The van der Waals surface area contributed by atoms with Crippen molar-refractivity contribution < 1.29 is 19.7 Å². The van der Waals surface area contributed by atoms with Gasteiger partial charge in [-0.2, -0.15) is 0 Å². The van der Waals surface area contributed by atoms with Crippen LogP contribution < -0.4 is 4.74 Å². The molecule has 170 valence electrons. The highest BCUT2D eigenvalue weighted by Gasteiger charge is 2.15. The van der Waals surface area contributed by atoms with Crippen molar-refractivity contribution in [2.24, 2.45) is 0 Å². The quantitative estimate of drug-likeness (QED) is 0.419. The van der Waals surface area contributed by atoms with Gasteiger partial charge in [0.05, 0.1) is 5.56 Å². The van der Waals surface area contributed by atoms with Crippen LogP contribution in [0.4, 0.5) is 0 Å². The lowest BCUT2D eigenvalue weighted by molar-refractivity contribution is -0.136. The Hall–Kier alpha value is -3.71. The number of carbonyl (C=O) groups is 1. The molecule has 4 heteroatoms. The Bertz CT molecular complexity index is 1200. The lowest BCUT2D eigenvalue weighted by Gasteiger charge is -2.17. The van der Waals surface area contributed by atoms with Crippen molar-refractivity contribution in [3.63, 3.8) is 0 Å². The summed E-state index contributed by atoms with van der Waals surface area (Å²) >= 11 is 0. The average Bonchev–Trinajstić information content (AvgIpc) is 2.75. The topological polar surface area (TPSA) is 66.8 Å². The molecular formula is C29H30O4. The second-order valence-electron chi connectivity index (χ2n) is 8.73. The molecule has 0 radical (unpaired) electrons. The highest BCUT2D eigenvalue weighted by atomic mass is 16.5. The van der Waals surface area contributed by atoms with Gasteiger partial charge in [-0.3, -0.25) is 4.79 Å². The minimum absolute atomic E-state index is 0.0917. The van der Waals surface area contributed by atoms with Gasteiger partial charge in [0.25, 0.3) is 0 Å². The van der Waals surface area contributed by atoms with Gasteiger partial charge >= 0.3 is 5.97 Å². The van der Waals surface area contributed by atoms with Crippen LogP contribution in [0, 0.1) is 32.6 Å². The van der Waals surface area contributed by atoms with E-state index in [-0.39, 0.29) is 18.1 Å². The van der Waals surface area contributed by atoms with Crippen LogP contribution in [0.2, 0.25) is 0 Å². The van der Waals surface area contributed by atoms with Gasteiger partial charge in [-0.25, -0.2) is 0 Å². The first-order valence-corrected chi connectivity index (χ1v) is 11.1. The van der Waals surface area contributed by atoms with Gasteiger partial charge < -0.3 is 14.9 Å². The molecule has 0 fully saturated rings. The molecular weight excluding hydrogens is 412 g/mol. The molecule has 0 aromatic heterocycles. The second-order valence-corrected chi connectivity index (χ2v) is 8.73. The molecule has 4 nitrogen and oxygen atoms in total. The van der Waals surface area contributed by atoms with E-state index in [2.05, 4.69) is 11.8 Å². The molecule has 3 rings (SSSR count). The largest absolute Gasteiger partial charge is 0.506 e. The number of hydrogen-bond donors (Lipinski definition) is 2. The zero-order valence-electron chi connectivity index (χ0n) is 19.8. The smallest absolute Gasteiger partial charge is 0.303 e. The van der Waals surface area contributed by atoms with Crippen molar-refractivity contribution in [3.05, 3.63) is 87.5 Å². The Kier molecular flexibility index (Phi) is 7.45. The Balaban J connectivity index is 1.97. The predicted octanol–water partition coefficient (Wildman–Crippen LogP) is 6.65. The number of phenolic OH excluding ortho intramolecular Hbond substituents is 1. The Morgan fingerprint density at radius 2 is 1.61 bits per heavy atom. The molecule has 0 aliphatic heterocycles. The molecule has 0 spiro atoms. The molecule has 0 bridgehead atoms. The fourth-order valence-corrected chi connectivity index (χ4v) is 3.71. The lowest BCUT2D eigenvalue weighted by atomic mass is 9.98. The molecule has 0 heterocycles. The second kappa shape index (κ2) is 10.3. The molecule has 0 amide bonds. The van der Waals surface area contributed by atoms with E-state index in [0.29, 0.717) is 17.7 Å². The van der Waals surface area contributed by atoms with Gasteiger partial charge in [0.1, 0.15) is 17.2 Å². The number of ether oxygens (including phenoxy) is 1. The minimum atomic E-state index is -0.810. The van der Waals surface area contributed by atoms with Crippen molar-refractivity contribution in [2.45, 2.75) is 53.4 Å². The highest BCUT2D eigenvalue weighted by Crippen LogP contribution is 2.37. The molecule has 3 aromatic carbocycles. The standard InChI is InChI=1S/C29H30O4/c1-18(2)26-17-25(16-24(28(26)32)12-10-22-8-6-19(3)7-9-22)33-29-20(4)14-23(15-21(29)5)11-13-27(30)31/h6-9,14-18,32H,11,13H2,1-5H3,(H,30,31). The van der Waals surface area contributed by atoms with E-state index in [1.165, 1.54) is 5.56 Å². The zero-order chi connectivity index (χ0) is 24.1. The van der Waals surface area contributed by atoms with E-state index >= 15 is 0 Å². The third-order valence-electron chi connectivity index (χ3n) is 5.50. The first-order valence-electron chi connectivity index (χ1n) is 11.1. The van der Waals surface area contributed by atoms with Gasteiger partial charge in [-0.05, 0) is 68.0 Å². The third kappa shape index (κ3) is 6.17. The van der Waals surface area contributed by atoms with E-state index in [1.807, 2.05) is 77.1 Å². The van der Waals surface area contributed by atoms with Crippen molar-refractivity contribution in [2.75, 3.05) is 0 Å². The van der Waals surface area contributed by atoms with E-state index in [0.717, 1.165) is 33.6 Å². The summed E-state index contributed by atoms with van der Waals surface area (Å²) in [6.07, 6.45) is 0.574. The first-order chi connectivity index (χ1) is 15.6. The monoisotopic (exact) mass is 442 g/mol. The van der Waals surface area contributed by atoms with Gasteiger partial charge in [0, 0.05) is 23.6 Å². The number of hydrogen-bond acceptors (Lipinski definition) is 3. The number of aryl methyl sites for hydroxylation is 4. The van der Waals surface area contributed by atoms with Crippen LogP contribution in [0.5, 0.6) is 17.2 Å². The van der Waals surface area contributed by atoms with Crippen LogP contribution >= 0.6 is 0 Å². The molecule has 0 aliphatic carbocycles. The normalized spacial score (nSPS) is 10.6. The fourth-order valence-electron chi connectivity index (χ4n) is 3.71. The average molecular weight is 443 g/mol. The van der Waals surface area contributed by atoms with E-state index in [4.69, 9.17) is 9.84 Å². The van der Waals surface area contributed by atoms with Gasteiger partial charge in [-0.15, -0.1) is 0 Å². The molecule has 0 saturated carbocycles. The number of benzene rings is 3. The van der Waals surface area contributed by atoms with Crippen LogP contribution in [-0.2, 0) is 11.2 Å². The zero-order valence-corrected chi connectivity index (χ0v) is 19.8. The van der Waals surface area contributed by atoms with Crippen molar-refractivity contribution in [1.29, 1.82) is 0 Å². The number of rotatable bonds is 6. The molecule has 33 heavy (non-hydrogen) atoms. The van der Waals surface area contributed by atoms with Gasteiger partial charge in [0.2, 0.25) is 0 Å². The minimum Gasteiger partial charge on any atom is -0.506 e. The maximum atomic E-state index is 10.9. The maximum Gasteiger partial charge on any atom is 0.303 e. The van der Waals surface area contributed by atoms with E-state index < -0.39 is 5.97 Å². The summed E-state index contributed by atoms with van der Waals surface area (Å²) in [5.41, 5.74) is 6.17. The Morgan fingerprint density at radius 3 is 2.18 bits per heavy atom. The summed E-state index contributed by atoms with van der Waals surface area (Å²) in [5, 5.41) is 19.8. The van der Waals surface area contributed by atoms with E-state index in [9.17, 15) is 9.90 Å². The summed E-state index contributed by atoms with van der Waals surface area (Å²) < 4.78 is 6.28. The Morgan fingerprint density at radius 1 is 0.970 bits per heavy atom. The van der Waals surface area contributed by atoms with Crippen LogP contribution in [0.1, 0.15) is 65.1 Å². The number of carboxylic acids is 1. The summed E-state index contributed by atoms with van der Waals surface area (Å²) in [5.74, 6) is 7.02. The molecule has 0 atom stereocenters. The molecule has 0 unspecified atom stereocenters. The van der Waals surface area contributed by atoms with Gasteiger partial charge in [0.15, 0.2) is 0 Å². The Labute approximate surface area is 195 Å². The maximum absolute atomic E-state index is 10.9. The highest BCUT2D eigenvalue weighted by molar-refractivity contribution is 5.67. The van der Waals surface area contributed by atoms with Crippen molar-refractivity contribution >= 4 is 5.97 Å².